The smallest absolute Gasteiger partial charge is 0.323 e. The molecule has 0 spiro atoms. The summed E-state index contributed by atoms with van der Waals surface area (Å²) in [7, 11) is 0. The highest BCUT2D eigenvalue weighted by Crippen LogP contribution is 2.15. The lowest BCUT2D eigenvalue weighted by Crippen LogP contribution is -2.49. The SMILES string of the molecule is CCCNC(C)(CCCCN(CC)C(C)CC)C(=O)O. The first-order valence-corrected chi connectivity index (χ1v) is 8.13. The van der Waals surface area contributed by atoms with Gasteiger partial charge >= 0.3 is 5.97 Å². The van der Waals surface area contributed by atoms with Gasteiger partial charge in [-0.05, 0) is 65.6 Å². The maximum Gasteiger partial charge on any atom is 0.323 e. The van der Waals surface area contributed by atoms with Crippen LogP contribution in [0.25, 0.3) is 0 Å². The number of carboxylic acid groups (broad SMARTS) is 1. The van der Waals surface area contributed by atoms with Crippen LogP contribution in [0.5, 0.6) is 0 Å². The quantitative estimate of drug-likeness (QED) is 0.541. The topological polar surface area (TPSA) is 52.6 Å². The Balaban J connectivity index is 4.14. The summed E-state index contributed by atoms with van der Waals surface area (Å²) in [6.45, 7) is 13.4. The highest BCUT2D eigenvalue weighted by molar-refractivity contribution is 5.78. The van der Waals surface area contributed by atoms with Crippen molar-refractivity contribution >= 4 is 5.97 Å². The third-order valence-electron chi connectivity index (χ3n) is 4.23. The summed E-state index contributed by atoms with van der Waals surface area (Å²) in [6, 6.07) is 0.615. The van der Waals surface area contributed by atoms with Crippen LogP contribution in [0.2, 0.25) is 0 Å². The van der Waals surface area contributed by atoms with Crippen LogP contribution in [-0.4, -0.2) is 47.2 Å². The van der Waals surface area contributed by atoms with Crippen molar-refractivity contribution in [3.63, 3.8) is 0 Å². The van der Waals surface area contributed by atoms with Gasteiger partial charge in [0, 0.05) is 6.04 Å². The summed E-state index contributed by atoms with van der Waals surface area (Å²) >= 11 is 0. The van der Waals surface area contributed by atoms with Gasteiger partial charge in [-0.15, -0.1) is 0 Å². The summed E-state index contributed by atoms with van der Waals surface area (Å²) in [5.41, 5.74) is -0.774. The van der Waals surface area contributed by atoms with Gasteiger partial charge in [0.2, 0.25) is 0 Å². The normalized spacial score (nSPS) is 16.1. The van der Waals surface area contributed by atoms with Crippen molar-refractivity contribution in [2.45, 2.75) is 78.3 Å². The van der Waals surface area contributed by atoms with Gasteiger partial charge in [-0.2, -0.15) is 0 Å². The molecule has 0 aromatic heterocycles. The molecule has 4 nitrogen and oxygen atoms in total. The Morgan fingerprint density at radius 2 is 1.95 bits per heavy atom. The van der Waals surface area contributed by atoms with Crippen LogP contribution in [0.3, 0.4) is 0 Å². The third-order valence-corrected chi connectivity index (χ3v) is 4.23. The third kappa shape index (κ3) is 6.71. The molecule has 0 bridgehead atoms. The van der Waals surface area contributed by atoms with Crippen LogP contribution in [0.1, 0.15) is 66.7 Å². The fourth-order valence-corrected chi connectivity index (χ4v) is 2.41. The van der Waals surface area contributed by atoms with Crippen molar-refractivity contribution in [1.82, 2.24) is 10.2 Å². The zero-order valence-corrected chi connectivity index (χ0v) is 14.0. The maximum atomic E-state index is 11.4. The van der Waals surface area contributed by atoms with Gasteiger partial charge in [-0.1, -0.05) is 20.8 Å². The molecule has 0 amide bonds. The second kappa shape index (κ2) is 10.2. The Hall–Kier alpha value is -0.610. The zero-order chi connectivity index (χ0) is 15.6. The molecule has 0 heterocycles. The molecular weight excluding hydrogens is 252 g/mol. The minimum absolute atomic E-state index is 0.615. The van der Waals surface area contributed by atoms with E-state index in [0.29, 0.717) is 12.5 Å². The maximum absolute atomic E-state index is 11.4. The van der Waals surface area contributed by atoms with Gasteiger partial charge in [-0.3, -0.25) is 4.79 Å². The van der Waals surface area contributed by atoms with E-state index in [9.17, 15) is 9.90 Å². The summed E-state index contributed by atoms with van der Waals surface area (Å²) in [5, 5.41) is 12.5. The van der Waals surface area contributed by atoms with Gasteiger partial charge in [0.15, 0.2) is 0 Å². The van der Waals surface area contributed by atoms with E-state index in [1.165, 1.54) is 6.42 Å². The number of nitrogens with one attached hydrogen (secondary N) is 1. The number of unbranched alkanes of at least 4 members (excludes halogenated alkanes) is 1. The molecule has 20 heavy (non-hydrogen) atoms. The Labute approximate surface area is 124 Å². The molecule has 2 unspecified atom stereocenters. The molecule has 0 aliphatic rings. The van der Waals surface area contributed by atoms with Crippen molar-refractivity contribution in [3.8, 4) is 0 Å². The number of hydrogen-bond acceptors (Lipinski definition) is 3. The number of aliphatic carboxylic acids is 1. The van der Waals surface area contributed by atoms with Gasteiger partial charge in [0.25, 0.3) is 0 Å². The van der Waals surface area contributed by atoms with Crippen LogP contribution in [0, 0.1) is 0 Å². The lowest BCUT2D eigenvalue weighted by Gasteiger charge is -2.29. The average Bonchev–Trinajstić information content (AvgIpc) is 2.44. The van der Waals surface area contributed by atoms with Crippen molar-refractivity contribution in [2.75, 3.05) is 19.6 Å². The van der Waals surface area contributed by atoms with Crippen LogP contribution in [0.15, 0.2) is 0 Å². The fourth-order valence-electron chi connectivity index (χ4n) is 2.41. The van der Waals surface area contributed by atoms with E-state index in [0.717, 1.165) is 38.9 Å². The summed E-state index contributed by atoms with van der Waals surface area (Å²) in [6.07, 6.45) is 4.83. The summed E-state index contributed by atoms with van der Waals surface area (Å²) < 4.78 is 0. The van der Waals surface area contributed by atoms with Crippen LogP contribution >= 0.6 is 0 Å². The van der Waals surface area contributed by atoms with Gasteiger partial charge in [0.05, 0.1) is 0 Å². The van der Waals surface area contributed by atoms with Crippen LogP contribution in [0.4, 0.5) is 0 Å². The van der Waals surface area contributed by atoms with Crippen molar-refractivity contribution in [2.24, 2.45) is 0 Å². The molecule has 0 saturated carbocycles. The predicted molar refractivity (Wildman–Crippen MR) is 85.2 cm³/mol. The minimum Gasteiger partial charge on any atom is -0.480 e. The predicted octanol–water partition coefficient (Wildman–Crippen LogP) is 3.12. The van der Waals surface area contributed by atoms with Gasteiger partial charge in [-0.25, -0.2) is 0 Å². The first-order valence-electron chi connectivity index (χ1n) is 8.13. The first kappa shape index (κ1) is 19.4. The van der Waals surface area contributed by atoms with Crippen molar-refractivity contribution in [3.05, 3.63) is 0 Å². The Kier molecular flexibility index (Phi) is 9.86. The molecule has 2 N–H and O–H groups in total. The van der Waals surface area contributed by atoms with Crippen molar-refractivity contribution < 1.29 is 9.90 Å². The highest BCUT2D eigenvalue weighted by atomic mass is 16.4. The molecule has 2 atom stereocenters. The molecule has 0 saturated heterocycles. The monoisotopic (exact) mass is 286 g/mol. The van der Waals surface area contributed by atoms with Gasteiger partial charge < -0.3 is 15.3 Å². The van der Waals surface area contributed by atoms with E-state index in [-0.39, 0.29) is 0 Å². The number of nitrogens with zero attached hydrogens (tertiary/aromatic N) is 1. The Morgan fingerprint density at radius 3 is 2.40 bits per heavy atom. The largest absolute Gasteiger partial charge is 0.480 e. The van der Waals surface area contributed by atoms with E-state index in [1.54, 1.807) is 6.92 Å². The lowest BCUT2D eigenvalue weighted by atomic mass is 9.94. The molecule has 0 radical (unpaired) electrons. The molecule has 0 aliphatic carbocycles. The van der Waals surface area contributed by atoms with E-state index >= 15 is 0 Å². The number of carboxylic acids is 1. The zero-order valence-electron chi connectivity index (χ0n) is 14.0. The second-order valence-corrected chi connectivity index (χ2v) is 5.91. The van der Waals surface area contributed by atoms with Crippen molar-refractivity contribution in [1.29, 1.82) is 0 Å². The van der Waals surface area contributed by atoms with E-state index in [2.05, 4.69) is 37.9 Å². The molecule has 120 valence electrons. The van der Waals surface area contributed by atoms with Crippen LogP contribution in [-0.2, 0) is 4.79 Å². The Bertz CT molecular complexity index is 271. The van der Waals surface area contributed by atoms with E-state index in [1.807, 2.05) is 0 Å². The Morgan fingerprint density at radius 1 is 1.30 bits per heavy atom. The highest BCUT2D eigenvalue weighted by Gasteiger charge is 2.31. The molecule has 0 aromatic rings. The minimum atomic E-state index is -0.774. The summed E-state index contributed by atoms with van der Waals surface area (Å²) in [5.74, 6) is -0.736. The molecular formula is C16H34N2O2. The first-order chi connectivity index (χ1) is 9.41. The lowest BCUT2D eigenvalue weighted by molar-refractivity contribution is -0.144. The average molecular weight is 286 g/mol. The molecule has 0 aliphatic heterocycles. The van der Waals surface area contributed by atoms with E-state index < -0.39 is 11.5 Å². The van der Waals surface area contributed by atoms with E-state index in [4.69, 9.17) is 0 Å². The molecule has 0 rings (SSSR count). The number of rotatable bonds is 12. The number of carbonyl (C=O) groups is 1. The van der Waals surface area contributed by atoms with Crippen LogP contribution < -0.4 is 5.32 Å². The molecule has 4 heteroatoms. The summed E-state index contributed by atoms with van der Waals surface area (Å²) in [4.78, 5) is 13.9. The molecule has 0 fully saturated rings. The second-order valence-electron chi connectivity index (χ2n) is 5.91. The standard InChI is InChI=1S/C16H34N2O2/c1-6-12-17-16(5,15(19)20)11-9-10-13-18(8-3)14(4)7-2/h14,17H,6-13H2,1-5H3,(H,19,20). The molecule has 0 aromatic carbocycles. The fraction of sp³-hybridized carbons (Fsp3) is 0.938. The van der Waals surface area contributed by atoms with Gasteiger partial charge in [0.1, 0.15) is 5.54 Å². The number of hydrogen-bond donors (Lipinski definition) is 2.